The molecule has 0 radical (unpaired) electrons. The Morgan fingerprint density at radius 3 is 2.17 bits per heavy atom. The smallest absolute Gasteiger partial charge is 0.290 e. The van der Waals surface area contributed by atoms with Gasteiger partial charge in [-0.3, -0.25) is 9.59 Å². The first kappa shape index (κ1) is 26.5. The molecule has 1 aromatic heterocycles. The first-order chi connectivity index (χ1) is 16.7. The molecule has 0 spiro atoms. The van der Waals surface area contributed by atoms with Crippen molar-refractivity contribution in [3.63, 3.8) is 0 Å². The summed E-state index contributed by atoms with van der Waals surface area (Å²) in [6, 6.07) is 2.59. The first-order valence-electron chi connectivity index (χ1n) is 11.5. The van der Waals surface area contributed by atoms with Gasteiger partial charge in [0.25, 0.3) is 5.91 Å². The summed E-state index contributed by atoms with van der Waals surface area (Å²) >= 11 is 1.24. The third kappa shape index (κ3) is 4.99. The van der Waals surface area contributed by atoms with Gasteiger partial charge in [-0.05, 0) is 44.6 Å². The van der Waals surface area contributed by atoms with Gasteiger partial charge in [0, 0.05) is 13.1 Å². The van der Waals surface area contributed by atoms with E-state index in [0.29, 0.717) is 46.5 Å². The maximum atomic E-state index is 13.7. The number of nitrogens with zero attached hydrogens (tertiary/aromatic N) is 3. The van der Waals surface area contributed by atoms with Crippen LogP contribution in [0.25, 0.3) is 0 Å². The second-order valence-corrected chi connectivity index (χ2v) is 9.33. The predicted molar refractivity (Wildman–Crippen MR) is 134 cm³/mol. The SMILES string of the molecule is CCN(CC)CCN1C(=O)C(O)=C(C(=O)c2sc(C)nc2C)[C@@H]1c1cc(OC)c(OC)c(OC)c1. The molecule has 1 N–H and O–H groups in total. The number of hydrogen-bond acceptors (Lipinski definition) is 9. The molecule has 0 fully saturated rings. The molecular formula is C25H33N3O6S. The minimum absolute atomic E-state index is 0.0237. The van der Waals surface area contributed by atoms with E-state index in [0.717, 1.165) is 18.1 Å². The number of ether oxygens (including phenoxy) is 3. The Labute approximate surface area is 209 Å². The molecule has 9 nitrogen and oxygen atoms in total. The maximum Gasteiger partial charge on any atom is 0.290 e. The van der Waals surface area contributed by atoms with Crippen molar-refractivity contribution in [3.8, 4) is 17.2 Å². The second kappa shape index (κ2) is 11.1. The van der Waals surface area contributed by atoms with Gasteiger partial charge < -0.3 is 29.1 Å². The number of amides is 1. The molecule has 0 unspecified atom stereocenters. The summed E-state index contributed by atoms with van der Waals surface area (Å²) in [6.07, 6.45) is 0. The van der Waals surface area contributed by atoms with E-state index in [-0.39, 0.29) is 5.57 Å². The summed E-state index contributed by atoms with van der Waals surface area (Å²) in [5, 5.41) is 11.7. The van der Waals surface area contributed by atoms with E-state index in [1.54, 1.807) is 19.1 Å². The number of aryl methyl sites for hydroxylation is 2. The molecule has 2 heterocycles. The van der Waals surface area contributed by atoms with Crippen molar-refractivity contribution >= 4 is 23.0 Å². The van der Waals surface area contributed by atoms with Gasteiger partial charge in [-0.2, -0.15) is 0 Å². The lowest BCUT2D eigenvalue weighted by Crippen LogP contribution is -2.38. The van der Waals surface area contributed by atoms with Gasteiger partial charge in [0.15, 0.2) is 17.3 Å². The van der Waals surface area contributed by atoms with Crippen molar-refractivity contribution < 1.29 is 28.9 Å². The molecule has 1 atom stereocenters. The zero-order chi connectivity index (χ0) is 25.9. The molecule has 10 heteroatoms. The monoisotopic (exact) mass is 503 g/mol. The van der Waals surface area contributed by atoms with Crippen molar-refractivity contribution in [1.29, 1.82) is 0 Å². The van der Waals surface area contributed by atoms with Crippen molar-refractivity contribution in [1.82, 2.24) is 14.8 Å². The molecule has 0 saturated carbocycles. The lowest BCUT2D eigenvalue weighted by atomic mass is 9.94. The molecule has 0 bridgehead atoms. The highest BCUT2D eigenvalue weighted by atomic mass is 32.1. The van der Waals surface area contributed by atoms with E-state index in [1.165, 1.54) is 37.6 Å². The highest BCUT2D eigenvalue weighted by Gasteiger charge is 2.45. The highest BCUT2D eigenvalue weighted by molar-refractivity contribution is 7.14. The number of benzene rings is 1. The van der Waals surface area contributed by atoms with Crippen molar-refractivity contribution in [2.45, 2.75) is 33.7 Å². The van der Waals surface area contributed by atoms with Gasteiger partial charge in [0.05, 0.1) is 48.5 Å². The van der Waals surface area contributed by atoms with Gasteiger partial charge >= 0.3 is 0 Å². The van der Waals surface area contributed by atoms with Crippen LogP contribution in [0.3, 0.4) is 0 Å². The summed E-state index contributed by atoms with van der Waals surface area (Å²) in [5.41, 5.74) is 1.16. The number of rotatable bonds is 11. The number of hydrogen-bond donors (Lipinski definition) is 1. The number of aromatic nitrogens is 1. The Bertz CT molecular complexity index is 1110. The fourth-order valence-electron chi connectivity index (χ4n) is 4.38. The molecule has 2 aromatic rings. The second-order valence-electron chi connectivity index (χ2n) is 8.13. The Balaban J connectivity index is 2.17. The minimum atomic E-state index is -0.832. The normalized spacial score (nSPS) is 15.8. The topological polar surface area (TPSA) is 101 Å². The number of thiazole rings is 1. The van der Waals surface area contributed by atoms with Crippen LogP contribution in [0.5, 0.6) is 17.2 Å². The standard InChI is InChI=1S/C25H33N3O6S/c1-8-27(9-2)10-11-28-20(16-12-17(32-5)23(34-7)18(13-16)33-6)19(22(30)25(28)31)21(29)24-14(3)26-15(4)35-24/h12-13,20,30H,8-11H2,1-7H3/t20-/m0/s1. The van der Waals surface area contributed by atoms with Gasteiger partial charge in [-0.1, -0.05) is 13.8 Å². The van der Waals surface area contributed by atoms with E-state index in [2.05, 4.69) is 9.88 Å². The zero-order valence-corrected chi connectivity index (χ0v) is 22.1. The van der Waals surface area contributed by atoms with E-state index in [4.69, 9.17) is 14.2 Å². The molecule has 1 aromatic carbocycles. The van der Waals surface area contributed by atoms with Crippen molar-refractivity contribution in [2.24, 2.45) is 0 Å². The van der Waals surface area contributed by atoms with E-state index in [9.17, 15) is 14.7 Å². The number of aliphatic hydroxyl groups is 1. The summed E-state index contributed by atoms with van der Waals surface area (Å²) in [7, 11) is 4.51. The Hall–Kier alpha value is -3.11. The summed E-state index contributed by atoms with van der Waals surface area (Å²) in [4.78, 5) is 35.5. The summed E-state index contributed by atoms with van der Waals surface area (Å²) in [5.74, 6) is -0.366. The average molecular weight is 504 g/mol. The molecule has 1 aliphatic rings. The van der Waals surface area contributed by atoms with Crippen LogP contribution >= 0.6 is 11.3 Å². The van der Waals surface area contributed by atoms with Crippen molar-refractivity contribution in [2.75, 3.05) is 47.5 Å². The first-order valence-corrected chi connectivity index (χ1v) is 12.3. The number of methoxy groups -OCH3 is 3. The number of likely N-dealkylation sites (N-methyl/N-ethyl adjacent to an activating group) is 1. The lowest BCUT2D eigenvalue weighted by molar-refractivity contribution is -0.129. The third-order valence-electron chi connectivity index (χ3n) is 6.21. The Morgan fingerprint density at radius 2 is 1.71 bits per heavy atom. The largest absolute Gasteiger partial charge is 0.503 e. The van der Waals surface area contributed by atoms with E-state index < -0.39 is 23.5 Å². The minimum Gasteiger partial charge on any atom is -0.503 e. The highest BCUT2D eigenvalue weighted by Crippen LogP contribution is 2.45. The molecule has 0 aliphatic carbocycles. The molecule has 0 saturated heterocycles. The Morgan fingerprint density at radius 1 is 1.11 bits per heavy atom. The van der Waals surface area contributed by atoms with Gasteiger partial charge in [-0.25, -0.2) is 4.98 Å². The van der Waals surface area contributed by atoms with Crippen molar-refractivity contribution in [3.05, 3.63) is 44.6 Å². The fraction of sp³-hybridized carbons (Fsp3) is 0.480. The quantitative estimate of drug-likeness (QED) is 0.463. The molecule has 1 aliphatic heterocycles. The predicted octanol–water partition coefficient (Wildman–Crippen LogP) is 3.71. The fourth-order valence-corrected chi connectivity index (χ4v) is 5.25. The lowest BCUT2D eigenvalue weighted by Gasteiger charge is -2.30. The molecular weight excluding hydrogens is 470 g/mol. The van der Waals surface area contributed by atoms with Gasteiger partial charge in [0.1, 0.15) is 0 Å². The molecule has 1 amide bonds. The van der Waals surface area contributed by atoms with Crippen LogP contribution < -0.4 is 14.2 Å². The zero-order valence-electron chi connectivity index (χ0n) is 21.3. The molecule has 190 valence electrons. The molecule has 35 heavy (non-hydrogen) atoms. The van der Waals surface area contributed by atoms with E-state index >= 15 is 0 Å². The molecule has 3 rings (SSSR count). The van der Waals surface area contributed by atoms with Crippen LogP contribution in [0.1, 0.15) is 45.8 Å². The van der Waals surface area contributed by atoms with Crippen LogP contribution in [-0.4, -0.2) is 79.1 Å². The van der Waals surface area contributed by atoms with Gasteiger partial charge in [0.2, 0.25) is 11.5 Å². The van der Waals surface area contributed by atoms with Crippen LogP contribution in [0.2, 0.25) is 0 Å². The number of carbonyl (C=O) groups is 2. The van der Waals surface area contributed by atoms with Crippen LogP contribution in [-0.2, 0) is 4.79 Å². The van der Waals surface area contributed by atoms with Gasteiger partial charge in [-0.15, -0.1) is 11.3 Å². The van der Waals surface area contributed by atoms with E-state index in [1.807, 2.05) is 20.8 Å². The number of ketones is 1. The number of aliphatic hydroxyl groups excluding tert-OH is 1. The van der Waals surface area contributed by atoms with Crippen LogP contribution in [0.15, 0.2) is 23.5 Å². The maximum absolute atomic E-state index is 13.7. The average Bonchev–Trinajstić information content (AvgIpc) is 3.33. The Kier molecular flexibility index (Phi) is 8.39. The number of Topliss-reactive ketones (excluding diaryl/α,β-unsaturated/α-hetero) is 1. The van der Waals surface area contributed by atoms with Crippen LogP contribution in [0, 0.1) is 13.8 Å². The third-order valence-corrected chi connectivity index (χ3v) is 7.28. The summed E-state index contributed by atoms with van der Waals surface area (Å²) in [6.45, 7) is 10.2. The summed E-state index contributed by atoms with van der Waals surface area (Å²) < 4.78 is 16.5. The number of carbonyl (C=O) groups excluding carboxylic acids is 2. The van der Waals surface area contributed by atoms with Crippen LogP contribution in [0.4, 0.5) is 0 Å².